The number of hydrogen-bond acceptors (Lipinski definition) is 0. The number of rotatable bonds is 8. The van der Waals surface area contributed by atoms with E-state index in [1.54, 1.807) is 24.8 Å². The molecule has 0 bridgehead atoms. The van der Waals surface area contributed by atoms with Crippen molar-refractivity contribution in [3.05, 3.63) is 91.3 Å². The summed E-state index contributed by atoms with van der Waals surface area (Å²) in [6.45, 7) is 14.4. The van der Waals surface area contributed by atoms with Gasteiger partial charge in [-0.25, -0.2) is 0 Å². The molecule has 4 saturated carbocycles. The first-order chi connectivity index (χ1) is 20.7. The van der Waals surface area contributed by atoms with Gasteiger partial charge in [-0.15, -0.1) is 0 Å². The smallest absolute Gasteiger partial charge is 0.672 e. The standard InChI is InChI=1S/C18H28Si.C17H24.C4H14NSi2.2CH3.Gd/c1-19(2,14-15-8-4-3-5-9-15)18-13-12-16-10-6-7-11-17(16)18;1-2-6-14(7-3-1)10-11-16-13-12-15-8-4-5-9-17(15)16;1-6(2)5-7(3)4;;;/h3-5,8-9,16-18H,6-7,10-14H2,1-2H3;1-3,6-7,15-17H,4-5,8-13H2;6-7H,1-4H3;2*1H3;/q;;3*-1;+3. The van der Waals surface area contributed by atoms with Crippen LogP contribution >= 0.6 is 0 Å². The van der Waals surface area contributed by atoms with Crippen LogP contribution in [0.1, 0.15) is 94.6 Å². The van der Waals surface area contributed by atoms with Crippen molar-refractivity contribution in [2.45, 2.75) is 141 Å². The van der Waals surface area contributed by atoms with Crippen LogP contribution in [0.2, 0.25) is 44.8 Å². The van der Waals surface area contributed by atoms with Crippen molar-refractivity contribution in [1.82, 2.24) is 0 Å². The van der Waals surface area contributed by atoms with Gasteiger partial charge in [-0.1, -0.05) is 181 Å². The summed E-state index contributed by atoms with van der Waals surface area (Å²) in [6.07, 6.45) is 21.0. The molecule has 6 atom stereocenters. The molecule has 6 rings (SSSR count). The Kier molecular flexibility index (Phi) is 22.2. The van der Waals surface area contributed by atoms with Crippen LogP contribution in [-0.2, 0) is 12.5 Å². The molecule has 4 aliphatic rings. The Morgan fingerprint density at radius 2 is 1.09 bits per heavy atom. The van der Waals surface area contributed by atoms with Crippen molar-refractivity contribution in [2.75, 3.05) is 0 Å². The summed E-state index contributed by atoms with van der Waals surface area (Å²) in [5, 5.41) is 0. The largest absolute Gasteiger partial charge is 3.00 e. The fraction of sp³-hybridized carbons (Fsp3) is 0.659. The Balaban J connectivity index is 0.000000365. The van der Waals surface area contributed by atoms with Gasteiger partial charge in [-0.3, -0.25) is 0 Å². The van der Waals surface area contributed by atoms with E-state index in [2.05, 4.69) is 105 Å². The third kappa shape index (κ3) is 14.3. The minimum atomic E-state index is -1.12. The molecule has 4 aliphatic carbocycles. The number of fused-ring (bicyclic) bond motifs is 2. The summed E-state index contributed by atoms with van der Waals surface area (Å²) >= 11 is 0. The maximum absolute atomic E-state index is 4.56. The van der Waals surface area contributed by atoms with E-state index >= 15 is 0 Å². The first-order valence-corrected chi connectivity index (χ1v) is 27.4. The summed E-state index contributed by atoms with van der Waals surface area (Å²) in [5.74, 6) is 5.43. The molecule has 261 valence electrons. The monoisotopic (exact) mass is 820 g/mol. The van der Waals surface area contributed by atoms with Crippen molar-refractivity contribution in [3.8, 4) is 0 Å². The topological polar surface area (TPSA) is 14.1 Å². The van der Waals surface area contributed by atoms with Crippen LogP contribution in [0.5, 0.6) is 0 Å². The molecular weight excluding hydrogens is 748 g/mol. The maximum Gasteiger partial charge on any atom is 3.00 e. The van der Waals surface area contributed by atoms with Crippen molar-refractivity contribution >= 4 is 26.0 Å². The predicted molar refractivity (Wildman–Crippen MR) is 213 cm³/mol. The molecule has 0 heterocycles. The van der Waals surface area contributed by atoms with Gasteiger partial charge in [0.2, 0.25) is 0 Å². The van der Waals surface area contributed by atoms with E-state index in [1.807, 2.05) is 0 Å². The molecule has 0 aliphatic heterocycles. The molecular formula is C41H72GdNSi3. The van der Waals surface area contributed by atoms with Gasteiger partial charge >= 0.3 is 39.9 Å². The molecule has 0 spiro atoms. The molecule has 2 aromatic carbocycles. The Morgan fingerprint density at radius 3 is 1.63 bits per heavy atom. The molecule has 0 saturated heterocycles. The zero-order valence-corrected chi connectivity index (χ0v) is 36.9. The Hall–Kier alpha value is 0.375. The molecule has 0 aromatic heterocycles. The number of nitrogens with zero attached hydrogens (tertiary/aromatic N) is 1. The summed E-state index contributed by atoms with van der Waals surface area (Å²) < 4.78 is 4.56. The van der Waals surface area contributed by atoms with Crippen LogP contribution in [0.25, 0.3) is 4.65 Å². The van der Waals surface area contributed by atoms with Crippen LogP contribution in [-0.4, -0.2) is 26.0 Å². The van der Waals surface area contributed by atoms with Gasteiger partial charge in [0.1, 0.15) is 0 Å². The first-order valence-electron chi connectivity index (χ1n) is 18.5. The zero-order chi connectivity index (χ0) is 30.7. The van der Waals surface area contributed by atoms with E-state index in [4.69, 9.17) is 0 Å². The summed E-state index contributed by atoms with van der Waals surface area (Å²) in [6, 6.07) is 23.7. The fourth-order valence-electron chi connectivity index (χ4n) is 9.76. The van der Waals surface area contributed by atoms with Gasteiger partial charge in [0, 0.05) is 0 Å². The van der Waals surface area contributed by atoms with Crippen LogP contribution in [0.3, 0.4) is 0 Å². The van der Waals surface area contributed by atoms with E-state index in [0.717, 1.165) is 35.1 Å². The van der Waals surface area contributed by atoms with Crippen molar-refractivity contribution in [2.24, 2.45) is 29.6 Å². The average Bonchev–Trinajstić information content (AvgIpc) is 3.62. The normalized spacial score (nSPS) is 26.5. The second-order valence-corrected chi connectivity index (χ2v) is 26.6. The number of hydrogen-bond donors (Lipinski definition) is 0. The zero-order valence-electron chi connectivity index (χ0n) is 31.3. The molecule has 4 fully saturated rings. The minimum absolute atomic E-state index is 0. The van der Waals surface area contributed by atoms with Crippen LogP contribution < -0.4 is 0 Å². The van der Waals surface area contributed by atoms with Gasteiger partial charge in [0.25, 0.3) is 0 Å². The summed E-state index contributed by atoms with van der Waals surface area (Å²) in [7, 11) is -2.20. The third-order valence-corrected chi connectivity index (χ3v) is 20.4. The Morgan fingerprint density at radius 1 is 0.609 bits per heavy atom. The molecule has 5 heteroatoms. The van der Waals surface area contributed by atoms with Crippen LogP contribution in [0.15, 0.2) is 60.7 Å². The van der Waals surface area contributed by atoms with E-state index in [-0.39, 0.29) is 54.8 Å². The maximum atomic E-state index is 4.56. The number of aryl methyl sites for hydroxylation is 1. The molecule has 0 N–H and O–H groups in total. The van der Waals surface area contributed by atoms with Gasteiger partial charge in [-0.05, 0) is 78.8 Å². The van der Waals surface area contributed by atoms with Crippen molar-refractivity contribution in [3.63, 3.8) is 0 Å². The molecule has 2 aromatic rings. The molecule has 46 heavy (non-hydrogen) atoms. The quantitative estimate of drug-likeness (QED) is 0.186. The van der Waals surface area contributed by atoms with Gasteiger partial charge in [-0.2, -0.15) is 0 Å². The van der Waals surface area contributed by atoms with Gasteiger partial charge < -0.3 is 19.5 Å². The molecule has 1 radical (unpaired) electrons. The van der Waals surface area contributed by atoms with E-state index < -0.39 is 26.0 Å². The Bertz CT molecular complexity index is 1020. The predicted octanol–water partition coefficient (Wildman–Crippen LogP) is 12.5. The Labute approximate surface area is 324 Å². The van der Waals surface area contributed by atoms with Gasteiger partial charge in [0.15, 0.2) is 0 Å². The third-order valence-electron chi connectivity index (χ3n) is 11.6. The van der Waals surface area contributed by atoms with Crippen molar-refractivity contribution in [1.29, 1.82) is 0 Å². The van der Waals surface area contributed by atoms with E-state index in [0.29, 0.717) is 0 Å². The van der Waals surface area contributed by atoms with E-state index in [9.17, 15) is 0 Å². The second kappa shape index (κ2) is 23.0. The average molecular weight is 821 g/mol. The van der Waals surface area contributed by atoms with E-state index in [1.165, 1.54) is 82.2 Å². The SMILES string of the molecule is C[SiH](C)[N-][SiH](C)C.C[Si](C)(Cc1ccccc1)C1CCC2CCCCC21.[CH3-].[CH3-].[Gd+3].c1ccc(CCC2CCC3CCCCC32)cc1. The van der Waals surface area contributed by atoms with Crippen LogP contribution in [0.4, 0.5) is 0 Å². The summed E-state index contributed by atoms with van der Waals surface area (Å²) in [5.41, 5.74) is 4.21. The van der Waals surface area contributed by atoms with Gasteiger partial charge in [0.05, 0.1) is 8.07 Å². The second-order valence-electron chi connectivity index (χ2n) is 15.9. The van der Waals surface area contributed by atoms with Crippen LogP contribution in [0, 0.1) is 84.4 Å². The fourth-order valence-corrected chi connectivity index (χ4v) is 18.6. The van der Waals surface area contributed by atoms with Crippen molar-refractivity contribution < 1.29 is 39.9 Å². The molecule has 0 amide bonds. The summed E-state index contributed by atoms with van der Waals surface area (Å²) in [4.78, 5) is 0. The first kappa shape index (κ1) is 44.4. The molecule has 1 nitrogen and oxygen atoms in total. The minimum Gasteiger partial charge on any atom is -0.672 e. The molecule has 6 unspecified atom stereocenters. The number of benzene rings is 2.